The maximum atomic E-state index is 13.5. The summed E-state index contributed by atoms with van der Waals surface area (Å²) in [4.78, 5) is 30.2. The lowest BCUT2D eigenvalue weighted by Crippen LogP contribution is -2.32. The Hall–Kier alpha value is -4.26. The Labute approximate surface area is 192 Å². The molecular formula is C26H25N3O4. The second-order valence-electron chi connectivity index (χ2n) is 7.70. The van der Waals surface area contributed by atoms with Crippen molar-refractivity contribution in [2.75, 3.05) is 43.4 Å². The van der Waals surface area contributed by atoms with Crippen molar-refractivity contribution in [3.05, 3.63) is 84.1 Å². The molecule has 0 aliphatic carbocycles. The number of benzene rings is 3. The Balaban J connectivity index is 1.78. The maximum absolute atomic E-state index is 13.5. The molecule has 1 aliphatic rings. The molecule has 0 bridgehead atoms. The highest BCUT2D eigenvalue weighted by Gasteiger charge is 2.40. The van der Waals surface area contributed by atoms with E-state index in [9.17, 15) is 9.59 Å². The summed E-state index contributed by atoms with van der Waals surface area (Å²) in [5, 5.41) is 3.15. The van der Waals surface area contributed by atoms with Crippen LogP contribution < -0.4 is 24.6 Å². The molecule has 3 aromatic rings. The average Bonchev–Trinajstić information content (AvgIpc) is 3.08. The Morgan fingerprint density at radius 3 is 1.94 bits per heavy atom. The van der Waals surface area contributed by atoms with Crippen LogP contribution >= 0.6 is 0 Å². The molecule has 0 unspecified atom stereocenters. The number of anilines is 3. The van der Waals surface area contributed by atoms with Gasteiger partial charge < -0.3 is 19.7 Å². The van der Waals surface area contributed by atoms with Crippen LogP contribution in [0.1, 0.15) is 5.56 Å². The number of imide groups is 1. The molecule has 0 radical (unpaired) electrons. The number of hydrogen-bond acceptors (Lipinski definition) is 6. The topological polar surface area (TPSA) is 71.1 Å². The average molecular weight is 444 g/mol. The van der Waals surface area contributed by atoms with Crippen molar-refractivity contribution >= 4 is 34.4 Å². The predicted molar refractivity (Wildman–Crippen MR) is 130 cm³/mol. The summed E-state index contributed by atoms with van der Waals surface area (Å²) in [5.41, 5.74) is 3.19. The van der Waals surface area contributed by atoms with Crippen LogP contribution in [-0.2, 0) is 9.59 Å². The highest BCUT2D eigenvalue weighted by atomic mass is 16.5. The second-order valence-corrected chi connectivity index (χ2v) is 7.70. The molecule has 1 aliphatic heterocycles. The molecule has 0 aromatic heterocycles. The number of nitrogens with zero attached hydrogens (tertiary/aromatic N) is 2. The standard InChI is InChI=1S/C26H25N3O4/c1-28(2)19-10-12-20(13-11-19)29-25(30)23(17-8-6-5-7-9-17)24(26(29)31)27-18-14-21(32-3)16-22(15-18)33-4/h5-16,27H,1-4H3. The number of rotatable bonds is 7. The van der Waals surface area contributed by atoms with Crippen LogP contribution in [0.5, 0.6) is 11.5 Å². The van der Waals surface area contributed by atoms with Gasteiger partial charge >= 0.3 is 0 Å². The molecule has 168 valence electrons. The van der Waals surface area contributed by atoms with Crippen molar-refractivity contribution in [1.29, 1.82) is 0 Å². The zero-order valence-electron chi connectivity index (χ0n) is 19.0. The van der Waals surface area contributed by atoms with Crippen molar-refractivity contribution in [2.24, 2.45) is 0 Å². The summed E-state index contributed by atoms with van der Waals surface area (Å²) in [6.07, 6.45) is 0. The van der Waals surface area contributed by atoms with Gasteiger partial charge in [0.05, 0.1) is 25.5 Å². The van der Waals surface area contributed by atoms with Crippen LogP contribution in [0.15, 0.2) is 78.5 Å². The third kappa shape index (κ3) is 4.25. The fraction of sp³-hybridized carbons (Fsp3) is 0.154. The van der Waals surface area contributed by atoms with E-state index in [-0.39, 0.29) is 11.6 Å². The Morgan fingerprint density at radius 2 is 1.39 bits per heavy atom. The summed E-state index contributed by atoms with van der Waals surface area (Å²) in [5.74, 6) is 0.303. The third-order valence-corrected chi connectivity index (χ3v) is 5.39. The predicted octanol–water partition coefficient (Wildman–Crippen LogP) is 4.17. The number of carbonyl (C=O) groups is 2. The molecule has 0 saturated carbocycles. The summed E-state index contributed by atoms with van der Waals surface area (Å²) >= 11 is 0. The van der Waals surface area contributed by atoms with Crippen LogP contribution in [0.2, 0.25) is 0 Å². The van der Waals surface area contributed by atoms with Crippen molar-refractivity contribution in [3.63, 3.8) is 0 Å². The van der Waals surface area contributed by atoms with Gasteiger partial charge in [0.2, 0.25) is 0 Å². The minimum absolute atomic E-state index is 0.193. The highest BCUT2D eigenvalue weighted by Crippen LogP contribution is 2.35. The van der Waals surface area contributed by atoms with Crippen LogP contribution in [0.4, 0.5) is 17.1 Å². The number of hydrogen-bond donors (Lipinski definition) is 1. The molecule has 0 atom stereocenters. The van der Waals surface area contributed by atoms with Gasteiger partial charge in [-0.2, -0.15) is 0 Å². The lowest BCUT2D eigenvalue weighted by atomic mass is 10.0. The van der Waals surface area contributed by atoms with E-state index in [1.807, 2.05) is 61.5 Å². The largest absolute Gasteiger partial charge is 0.497 e. The van der Waals surface area contributed by atoms with E-state index in [1.165, 1.54) is 4.90 Å². The molecular weight excluding hydrogens is 418 g/mol. The van der Waals surface area contributed by atoms with Gasteiger partial charge in [0, 0.05) is 43.7 Å². The highest BCUT2D eigenvalue weighted by molar-refractivity contribution is 6.46. The Morgan fingerprint density at radius 1 is 0.788 bits per heavy atom. The molecule has 33 heavy (non-hydrogen) atoms. The van der Waals surface area contributed by atoms with Gasteiger partial charge in [-0.15, -0.1) is 0 Å². The molecule has 7 nitrogen and oxygen atoms in total. The fourth-order valence-corrected chi connectivity index (χ4v) is 3.68. The molecule has 1 heterocycles. The van der Waals surface area contributed by atoms with Gasteiger partial charge in [-0.05, 0) is 29.8 Å². The van der Waals surface area contributed by atoms with Crippen molar-refractivity contribution in [3.8, 4) is 11.5 Å². The molecule has 1 N–H and O–H groups in total. The van der Waals surface area contributed by atoms with Gasteiger partial charge in [0.1, 0.15) is 17.2 Å². The maximum Gasteiger partial charge on any atom is 0.282 e. The number of nitrogens with one attached hydrogen (secondary N) is 1. The number of methoxy groups -OCH3 is 2. The minimum Gasteiger partial charge on any atom is -0.497 e. The van der Waals surface area contributed by atoms with Crippen molar-refractivity contribution < 1.29 is 19.1 Å². The number of carbonyl (C=O) groups excluding carboxylic acids is 2. The van der Waals surface area contributed by atoms with E-state index < -0.39 is 5.91 Å². The van der Waals surface area contributed by atoms with E-state index in [2.05, 4.69) is 5.32 Å². The molecule has 2 amide bonds. The smallest absolute Gasteiger partial charge is 0.282 e. The van der Waals surface area contributed by atoms with E-state index in [1.54, 1.807) is 44.6 Å². The van der Waals surface area contributed by atoms with Gasteiger partial charge in [0.25, 0.3) is 11.8 Å². The summed E-state index contributed by atoms with van der Waals surface area (Å²) in [6, 6.07) is 21.7. The van der Waals surface area contributed by atoms with Crippen molar-refractivity contribution in [1.82, 2.24) is 0 Å². The number of amides is 2. The molecule has 4 rings (SSSR count). The number of ether oxygens (including phenoxy) is 2. The second kappa shape index (κ2) is 9.08. The zero-order chi connectivity index (χ0) is 23.5. The zero-order valence-corrected chi connectivity index (χ0v) is 19.0. The first kappa shape index (κ1) is 22.0. The lowest BCUT2D eigenvalue weighted by Gasteiger charge is -2.18. The quantitative estimate of drug-likeness (QED) is 0.553. The van der Waals surface area contributed by atoms with Crippen LogP contribution in [0, 0.1) is 0 Å². The normalized spacial score (nSPS) is 13.4. The van der Waals surface area contributed by atoms with Gasteiger partial charge in [-0.1, -0.05) is 30.3 Å². The van der Waals surface area contributed by atoms with E-state index in [0.717, 1.165) is 5.69 Å². The molecule has 0 fully saturated rings. The van der Waals surface area contributed by atoms with Gasteiger partial charge in [-0.25, -0.2) is 4.90 Å². The monoisotopic (exact) mass is 443 g/mol. The summed E-state index contributed by atoms with van der Waals surface area (Å²) < 4.78 is 10.7. The van der Waals surface area contributed by atoms with E-state index >= 15 is 0 Å². The first-order chi connectivity index (χ1) is 15.9. The fourth-order valence-electron chi connectivity index (χ4n) is 3.68. The van der Waals surface area contributed by atoms with Crippen molar-refractivity contribution in [2.45, 2.75) is 0 Å². The first-order valence-electron chi connectivity index (χ1n) is 10.4. The Kier molecular flexibility index (Phi) is 6.04. The minimum atomic E-state index is -0.432. The van der Waals surface area contributed by atoms with Gasteiger partial charge in [0.15, 0.2) is 0 Å². The van der Waals surface area contributed by atoms with Gasteiger partial charge in [-0.3, -0.25) is 9.59 Å². The molecule has 3 aromatic carbocycles. The van der Waals surface area contributed by atoms with Crippen LogP contribution in [-0.4, -0.2) is 40.1 Å². The Bertz CT molecular complexity index is 1200. The third-order valence-electron chi connectivity index (χ3n) is 5.39. The molecule has 0 saturated heterocycles. The SMILES string of the molecule is COc1cc(NC2=C(c3ccccc3)C(=O)N(c3ccc(N(C)C)cc3)C2=O)cc(OC)c1. The molecule has 7 heteroatoms. The summed E-state index contributed by atoms with van der Waals surface area (Å²) in [7, 11) is 6.97. The van der Waals surface area contributed by atoms with Crippen LogP contribution in [0.25, 0.3) is 5.57 Å². The van der Waals surface area contributed by atoms with E-state index in [0.29, 0.717) is 34.0 Å². The lowest BCUT2D eigenvalue weighted by molar-refractivity contribution is -0.120. The van der Waals surface area contributed by atoms with Crippen LogP contribution in [0.3, 0.4) is 0 Å². The van der Waals surface area contributed by atoms with E-state index in [4.69, 9.17) is 9.47 Å². The summed E-state index contributed by atoms with van der Waals surface area (Å²) in [6.45, 7) is 0. The first-order valence-corrected chi connectivity index (χ1v) is 10.4. The molecule has 0 spiro atoms.